The number of anilines is 1. The summed E-state index contributed by atoms with van der Waals surface area (Å²) in [7, 11) is 0. The zero-order valence-corrected chi connectivity index (χ0v) is 12.8. The van der Waals surface area contributed by atoms with Crippen molar-refractivity contribution >= 4 is 5.69 Å². The Morgan fingerprint density at radius 3 is 2.86 bits per heavy atom. The lowest BCUT2D eigenvalue weighted by Gasteiger charge is -2.09. The van der Waals surface area contributed by atoms with Crippen LogP contribution in [-0.4, -0.2) is 21.5 Å². The molecule has 1 aliphatic rings. The van der Waals surface area contributed by atoms with E-state index < -0.39 is 0 Å². The zero-order valence-electron chi connectivity index (χ0n) is 12.8. The maximum Gasteiger partial charge on any atom is 0.0646 e. The number of aryl methyl sites for hydroxylation is 3. The molecule has 0 radical (unpaired) electrons. The van der Waals surface area contributed by atoms with Gasteiger partial charge >= 0.3 is 0 Å². The second kappa shape index (κ2) is 5.90. The number of benzene rings is 1. The van der Waals surface area contributed by atoms with Gasteiger partial charge < -0.3 is 10.4 Å². The van der Waals surface area contributed by atoms with Crippen molar-refractivity contribution in [1.29, 1.82) is 0 Å². The van der Waals surface area contributed by atoms with Crippen LogP contribution < -0.4 is 5.32 Å². The number of hydrogen-bond acceptors (Lipinski definition) is 3. The fourth-order valence-electron chi connectivity index (χ4n) is 3.17. The smallest absolute Gasteiger partial charge is 0.0646 e. The molecule has 4 nitrogen and oxygen atoms in total. The van der Waals surface area contributed by atoms with Crippen LogP contribution >= 0.6 is 0 Å². The van der Waals surface area contributed by atoms with Crippen molar-refractivity contribution in [3.8, 4) is 0 Å². The Balaban J connectivity index is 1.73. The van der Waals surface area contributed by atoms with Crippen molar-refractivity contribution in [3.63, 3.8) is 0 Å². The van der Waals surface area contributed by atoms with Gasteiger partial charge in [0.1, 0.15) is 0 Å². The molecule has 0 aliphatic heterocycles. The van der Waals surface area contributed by atoms with Crippen molar-refractivity contribution in [2.24, 2.45) is 0 Å². The predicted octanol–water partition coefficient (Wildman–Crippen LogP) is 2.59. The van der Waals surface area contributed by atoms with Crippen molar-refractivity contribution < 1.29 is 5.11 Å². The highest BCUT2D eigenvalue weighted by Gasteiger charge is 2.13. The average molecular weight is 285 g/mol. The van der Waals surface area contributed by atoms with E-state index in [0.29, 0.717) is 6.54 Å². The molecule has 4 heteroatoms. The second-order valence-electron chi connectivity index (χ2n) is 5.79. The Bertz CT molecular complexity index is 646. The molecule has 0 amide bonds. The third-order valence-electron chi connectivity index (χ3n) is 4.41. The molecule has 3 rings (SSSR count). The Labute approximate surface area is 125 Å². The third-order valence-corrected chi connectivity index (χ3v) is 4.41. The summed E-state index contributed by atoms with van der Waals surface area (Å²) < 4.78 is 1.88. The fraction of sp³-hybridized carbons (Fsp3) is 0.471. The summed E-state index contributed by atoms with van der Waals surface area (Å²) in [5.41, 5.74) is 7.58. The van der Waals surface area contributed by atoms with Crippen molar-refractivity contribution in [3.05, 3.63) is 46.3 Å². The summed E-state index contributed by atoms with van der Waals surface area (Å²) in [4.78, 5) is 0. The van der Waals surface area contributed by atoms with Gasteiger partial charge in [-0.15, -0.1) is 0 Å². The lowest BCUT2D eigenvalue weighted by Crippen LogP contribution is -2.07. The van der Waals surface area contributed by atoms with Gasteiger partial charge in [0.05, 0.1) is 18.8 Å². The van der Waals surface area contributed by atoms with Gasteiger partial charge in [0, 0.05) is 23.5 Å². The molecule has 0 saturated carbocycles. The van der Waals surface area contributed by atoms with Gasteiger partial charge in [-0.3, -0.25) is 4.68 Å². The van der Waals surface area contributed by atoms with E-state index >= 15 is 0 Å². The molecule has 0 spiro atoms. The molecule has 112 valence electrons. The SMILES string of the molecule is Cc1nn(CCO)c(C)c1CNc1ccc2c(c1)CCC2. The normalized spacial score (nSPS) is 13.5. The van der Waals surface area contributed by atoms with Crippen LogP contribution in [-0.2, 0) is 25.9 Å². The molecule has 1 aromatic carbocycles. The van der Waals surface area contributed by atoms with Gasteiger partial charge in [-0.25, -0.2) is 0 Å². The number of aliphatic hydroxyl groups is 1. The molecule has 2 N–H and O–H groups in total. The highest BCUT2D eigenvalue weighted by molar-refractivity contribution is 5.50. The number of hydrogen-bond donors (Lipinski definition) is 2. The minimum Gasteiger partial charge on any atom is -0.394 e. The van der Waals surface area contributed by atoms with E-state index in [-0.39, 0.29) is 6.61 Å². The van der Waals surface area contributed by atoms with Crippen LogP contribution in [0.4, 0.5) is 5.69 Å². The summed E-state index contributed by atoms with van der Waals surface area (Å²) in [6.07, 6.45) is 3.71. The van der Waals surface area contributed by atoms with Gasteiger partial charge in [-0.1, -0.05) is 6.07 Å². The molecule has 1 aliphatic carbocycles. The van der Waals surface area contributed by atoms with Crippen LogP contribution in [0.15, 0.2) is 18.2 Å². The lowest BCUT2D eigenvalue weighted by molar-refractivity contribution is 0.268. The average Bonchev–Trinajstić information content (AvgIpc) is 3.03. The van der Waals surface area contributed by atoms with Crippen molar-refractivity contribution in [1.82, 2.24) is 9.78 Å². The number of nitrogens with one attached hydrogen (secondary N) is 1. The maximum atomic E-state index is 9.07. The van der Waals surface area contributed by atoms with E-state index in [2.05, 4.69) is 35.5 Å². The summed E-state index contributed by atoms with van der Waals surface area (Å²) in [6, 6.07) is 6.71. The van der Waals surface area contributed by atoms with Crippen LogP contribution in [0.3, 0.4) is 0 Å². The van der Waals surface area contributed by atoms with E-state index in [9.17, 15) is 0 Å². The highest BCUT2D eigenvalue weighted by Crippen LogP contribution is 2.25. The molecule has 21 heavy (non-hydrogen) atoms. The Morgan fingerprint density at radius 2 is 2.05 bits per heavy atom. The molecule has 0 fully saturated rings. The van der Waals surface area contributed by atoms with Crippen molar-refractivity contribution in [2.45, 2.75) is 46.2 Å². The second-order valence-corrected chi connectivity index (χ2v) is 5.79. The fourth-order valence-corrected chi connectivity index (χ4v) is 3.17. The van der Waals surface area contributed by atoms with Gasteiger partial charge in [0.15, 0.2) is 0 Å². The predicted molar refractivity (Wildman–Crippen MR) is 84.6 cm³/mol. The van der Waals surface area contributed by atoms with Crippen LogP contribution in [0.2, 0.25) is 0 Å². The maximum absolute atomic E-state index is 9.07. The molecule has 1 heterocycles. The van der Waals surface area contributed by atoms with Crippen LogP contribution in [0.1, 0.15) is 34.5 Å². The minimum atomic E-state index is 0.125. The summed E-state index contributed by atoms with van der Waals surface area (Å²) in [5, 5.41) is 17.1. The molecular weight excluding hydrogens is 262 g/mol. The molecule has 2 aromatic rings. The monoisotopic (exact) mass is 285 g/mol. The molecule has 0 saturated heterocycles. The van der Waals surface area contributed by atoms with Crippen LogP contribution in [0, 0.1) is 13.8 Å². The zero-order chi connectivity index (χ0) is 14.8. The van der Waals surface area contributed by atoms with Gasteiger partial charge in [-0.2, -0.15) is 5.10 Å². The molecule has 0 atom stereocenters. The Kier molecular flexibility index (Phi) is 3.97. The number of aromatic nitrogens is 2. The first-order chi connectivity index (χ1) is 10.2. The van der Waals surface area contributed by atoms with Crippen molar-refractivity contribution in [2.75, 3.05) is 11.9 Å². The van der Waals surface area contributed by atoms with E-state index in [1.165, 1.54) is 41.6 Å². The molecular formula is C17H23N3O. The largest absolute Gasteiger partial charge is 0.394 e. The third kappa shape index (κ3) is 2.81. The Hall–Kier alpha value is -1.81. The molecule has 0 bridgehead atoms. The topological polar surface area (TPSA) is 50.1 Å². The molecule has 0 unspecified atom stereocenters. The standard InChI is InChI=1S/C17H23N3O/c1-12-17(13(2)20(19-12)8-9-21)11-18-16-7-6-14-4-3-5-15(14)10-16/h6-7,10,18,21H,3-5,8-9,11H2,1-2H3. The highest BCUT2D eigenvalue weighted by atomic mass is 16.3. The van der Waals surface area contributed by atoms with E-state index in [0.717, 1.165) is 17.9 Å². The first-order valence-corrected chi connectivity index (χ1v) is 7.68. The number of aliphatic hydroxyl groups excluding tert-OH is 1. The lowest BCUT2D eigenvalue weighted by atomic mass is 10.1. The first kappa shape index (κ1) is 14.1. The number of rotatable bonds is 5. The quantitative estimate of drug-likeness (QED) is 0.888. The van der Waals surface area contributed by atoms with Gasteiger partial charge in [0.25, 0.3) is 0 Å². The number of fused-ring (bicyclic) bond motifs is 1. The first-order valence-electron chi connectivity index (χ1n) is 7.68. The van der Waals surface area contributed by atoms with Gasteiger partial charge in [-0.05, 0) is 56.4 Å². The van der Waals surface area contributed by atoms with E-state index in [1.807, 2.05) is 11.6 Å². The summed E-state index contributed by atoms with van der Waals surface area (Å²) >= 11 is 0. The molecule has 1 aromatic heterocycles. The Morgan fingerprint density at radius 1 is 1.24 bits per heavy atom. The number of nitrogens with zero attached hydrogens (tertiary/aromatic N) is 2. The summed E-state index contributed by atoms with van der Waals surface area (Å²) in [6.45, 7) is 5.56. The minimum absolute atomic E-state index is 0.125. The van der Waals surface area contributed by atoms with Crippen LogP contribution in [0.25, 0.3) is 0 Å². The van der Waals surface area contributed by atoms with E-state index in [1.54, 1.807) is 0 Å². The van der Waals surface area contributed by atoms with Crippen LogP contribution in [0.5, 0.6) is 0 Å². The van der Waals surface area contributed by atoms with E-state index in [4.69, 9.17) is 5.11 Å². The summed E-state index contributed by atoms with van der Waals surface area (Å²) in [5.74, 6) is 0. The van der Waals surface area contributed by atoms with Gasteiger partial charge in [0.2, 0.25) is 0 Å².